The number of rotatable bonds is 8. The molecule has 106 valence electrons. The third kappa shape index (κ3) is 5.75. The fraction of sp³-hybridized carbons (Fsp3) is 0.533. The average Bonchev–Trinajstić information content (AvgIpc) is 2.35. The molecule has 1 rings (SSSR count). The minimum absolute atomic E-state index is 0.168. The topological polar surface area (TPSA) is 58.6 Å². The number of carboxylic acid groups (broad SMARTS) is 1. The molecule has 0 aromatic heterocycles. The molecule has 0 aliphatic heterocycles. The van der Waals surface area contributed by atoms with E-state index in [-0.39, 0.29) is 18.6 Å². The Balaban J connectivity index is 2.58. The largest absolute Gasteiger partial charge is 0.491 e. The molecule has 0 bridgehead atoms. The standard InChI is InChI=1S/C15H23NO3/c1-11(2)19-13-9-7-12(8-10-13)14(16-3)5-4-6-15(17)18/h7-11,14,16H,4-6H2,1-3H3,(H,17,18). The smallest absolute Gasteiger partial charge is 0.303 e. The average molecular weight is 265 g/mol. The minimum Gasteiger partial charge on any atom is -0.491 e. The lowest BCUT2D eigenvalue weighted by Gasteiger charge is -2.17. The van der Waals surface area contributed by atoms with Crippen molar-refractivity contribution < 1.29 is 14.6 Å². The molecule has 4 heteroatoms. The Labute approximate surface area is 114 Å². The molecular formula is C15H23NO3. The molecule has 2 N–H and O–H groups in total. The van der Waals surface area contributed by atoms with Crippen molar-refractivity contribution in [1.82, 2.24) is 5.32 Å². The van der Waals surface area contributed by atoms with Gasteiger partial charge >= 0.3 is 5.97 Å². The number of ether oxygens (including phenoxy) is 1. The normalized spacial score (nSPS) is 12.4. The number of nitrogens with one attached hydrogen (secondary N) is 1. The van der Waals surface area contributed by atoms with Gasteiger partial charge in [0.1, 0.15) is 5.75 Å². The molecule has 1 unspecified atom stereocenters. The van der Waals surface area contributed by atoms with Crippen molar-refractivity contribution in [3.63, 3.8) is 0 Å². The molecule has 0 heterocycles. The van der Waals surface area contributed by atoms with Gasteiger partial charge in [-0.2, -0.15) is 0 Å². The first-order valence-corrected chi connectivity index (χ1v) is 6.68. The van der Waals surface area contributed by atoms with Crippen LogP contribution in [0.15, 0.2) is 24.3 Å². The number of hydrogen-bond donors (Lipinski definition) is 2. The van der Waals surface area contributed by atoms with Crippen molar-refractivity contribution in [3.8, 4) is 5.75 Å². The van der Waals surface area contributed by atoms with Gasteiger partial charge in [0.2, 0.25) is 0 Å². The van der Waals surface area contributed by atoms with Crippen LogP contribution >= 0.6 is 0 Å². The lowest BCUT2D eigenvalue weighted by atomic mass is 10.0. The van der Waals surface area contributed by atoms with Crippen LogP contribution in [0.3, 0.4) is 0 Å². The molecule has 1 atom stereocenters. The van der Waals surface area contributed by atoms with E-state index in [1.807, 2.05) is 45.2 Å². The van der Waals surface area contributed by atoms with Crippen molar-refractivity contribution >= 4 is 5.97 Å². The first kappa shape index (κ1) is 15.5. The summed E-state index contributed by atoms with van der Waals surface area (Å²) in [7, 11) is 1.89. The summed E-state index contributed by atoms with van der Waals surface area (Å²) in [5.41, 5.74) is 1.16. The van der Waals surface area contributed by atoms with Gasteiger partial charge in [-0.3, -0.25) is 4.79 Å². The highest BCUT2D eigenvalue weighted by Gasteiger charge is 2.10. The van der Waals surface area contributed by atoms with Crippen LogP contribution in [-0.2, 0) is 4.79 Å². The van der Waals surface area contributed by atoms with Gasteiger partial charge in [-0.1, -0.05) is 12.1 Å². The Hall–Kier alpha value is -1.55. The van der Waals surface area contributed by atoms with Crippen LogP contribution in [0.1, 0.15) is 44.7 Å². The summed E-state index contributed by atoms with van der Waals surface area (Å²) in [6, 6.07) is 8.15. The summed E-state index contributed by atoms with van der Waals surface area (Å²) in [6.07, 6.45) is 1.87. The molecule has 0 radical (unpaired) electrons. The predicted octanol–water partition coefficient (Wildman–Crippen LogP) is 2.99. The summed E-state index contributed by atoms with van der Waals surface area (Å²) in [5.74, 6) is 0.120. The molecule has 0 fully saturated rings. The fourth-order valence-electron chi connectivity index (χ4n) is 1.99. The molecule has 0 amide bonds. The van der Waals surface area contributed by atoms with Crippen LogP contribution in [0.5, 0.6) is 5.75 Å². The summed E-state index contributed by atoms with van der Waals surface area (Å²) >= 11 is 0. The van der Waals surface area contributed by atoms with Gasteiger partial charge in [0.05, 0.1) is 6.10 Å². The number of benzene rings is 1. The van der Waals surface area contributed by atoms with Gasteiger partial charge in [-0.25, -0.2) is 0 Å². The summed E-state index contributed by atoms with van der Waals surface area (Å²) in [6.45, 7) is 3.99. The lowest BCUT2D eigenvalue weighted by Crippen LogP contribution is -2.16. The molecule has 4 nitrogen and oxygen atoms in total. The third-order valence-electron chi connectivity index (χ3n) is 2.89. The molecule has 0 saturated carbocycles. The molecule has 0 aliphatic carbocycles. The quantitative estimate of drug-likeness (QED) is 0.758. The second-order valence-corrected chi connectivity index (χ2v) is 4.86. The third-order valence-corrected chi connectivity index (χ3v) is 2.89. The molecule has 1 aromatic rings. The Kier molecular flexibility index (Phi) is 6.36. The van der Waals surface area contributed by atoms with Gasteiger partial charge in [0.15, 0.2) is 0 Å². The van der Waals surface area contributed by atoms with Crippen LogP contribution in [0.25, 0.3) is 0 Å². The van der Waals surface area contributed by atoms with E-state index < -0.39 is 5.97 Å². The van der Waals surface area contributed by atoms with Gasteiger partial charge in [0, 0.05) is 12.5 Å². The summed E-state index contributed by atoms with van der Waals surface area (Å²) in [5, 5.41) is 11.9. The zero-order chi connectivity index (χ0) is 14.3. The number of carbonyl (C=O) groups is 1. The highest BCUT2D eigenvalue weighted by atomic mass is 16.5. The highest BCUT2D eigenvalue weighted by Crippen LogP contribution is 2.22. The Bertz CT molecular complexity index is 387. The van der Waals surface area contributed by atoms with E-state index in [1.54, 1.807) is 0 Å². The number of hydrogen-bond acceptors (Lipinski definition) is 3. The van der Waals surface area contributed by atoms with Crippen molar-refractivity contribution in [2.24, 2.45) is 0 Å². The second kappa shape index (κ2) is 7.79. The van der Waals surface area contributed by atoms with Crippen molar-refractivity contribution in [1.29, 1.82) is 0 Å². The van der Waals surface area contributed by atoms with Crippen LogP contribution in [-0.4, -0.2) is 24.2 Å². The summed E-state index contributed by atoms with van der Waals surface area (Å²) in [4.78, 5) is 10.5. The van der Waals surface area contributed by atoms with Gasteiger partial charge in [0.25, 0.3) is 0 Å². The van der Waals surface area contributed by atoms with Crippen LogP contribution < -0.4 is 10.1 Å². The van der Waals surface area contributed by atoms with E-state index in [4.69, 9.17) is 9.84 Å². The minimum atomic E-state index is -0.740. The summed E-state index contributed by atoms with van der Waals surface area (Å²) < 4.78 is 5.60. The van der Waals surface area contributed by atoms with E-state index in [0.29, 0.717) is 6.42 Å². The van der Waals surface area contributed by atoms with Crippen molar-refractivity contribution in [2.75, 3.05) is 7.05 Å². The highest BCUT2D eigenvalue weighted by molar-refractivity contribution is 5.66. The van der Waals surface area contributed by atoms with Crippen LogP contribution in [0.2, 0.25) is 0 Å². The van der Waals surface area contributed by atoms with Crippen LogP contribution in [0.4, 0.5) is 0 Å². The van der Waals surface area contributed by atoms with E-state index in [2.05, 4.69) is 5.32 Å². The number of carboxylic acids is 1. The van der Waals surface area contributed by atoms with E-state index in [1.165, 1.54) is 0 Å². The Morgan fingerprint density at radius 3 is 2.42 bits per heavy atom. The SMILES string of the molecule is CNC(CCCC(=O)O)c1ccc(OC(C)C)cc1. The maximum atomic E-state index is 10.5. The van der Waals surface area contributed by atoms with E-state index in [0.717, 1.165) is 17.7 Å². The van der Waals surface area contributed by atoms with Gasteiger partial charge in [-0.15, -0.1) is 0 Å². The van der Waals surface area contributed by atoms with Crippen LogP contribution in [0, 0.1) is 0 Å². The first-order chi connectivity index (χ1) is 9.02. The second-order valence-electron chi connectivity index (χ2n) is 4.86. The van der Waals surface area contributed by atoms with Gasteiger partial charge < -0.3 is 15.2 Å². The molecule has 1 aromatic carbocycles. The molecule has 0 aliphatic rings. The van der Waals surface area contributed by atoms with Crippen molar-refractivity contribution in [3.05, 3.63) is 29.8 Å². The van der Waals surface area contributed by atoms with Crippen molar-refractivity contribution in [2.45, 2.75) is 45.3 Å². The van der Waals surface area contributed by atoms with E-state index in [9.17, 15) is 4.79 Å². The zero-order valence-corrected chi connectivity index (χ0v) is 11.8. The maximum absolute atomic E-state index is 10.5. The maximum Gasteiger partial charge on any atom is 0.303 e. The van der Waals surface area contributed by atoms with E-state index >= 15 is 0 Å². The number of aliphatic carboxylic acids is 1. The lowest BCUT2D eigenvalue weighted by molar-refractivity contribution is -0.137. The predicted molar refractivity (Wildman–Crippen MR) is 75.5 cm³/mol. The molecule has 19 heavy (non-hydrogen) atoms. The molecule has 0 spiro atoms. The Morgan fingerprint density at radius 1 is 1.32 bits per heavy atom. The van der Waals surface area contributed by atoms with Gasteiger partial charge in [-0.05, 0) is 51.4 Å². The monoisotopic (exact) mass is 265 g/mol. The molecular weight excluding hydrogens is 242 g/mol. The first-order valence-electron chi connectivity index (χ1n) is 6.68. The fourth-order valence-corrected chi connectivity index (χ4v) is 1.99. The Morgan fingerprint density at radius 2 is 1.95 bits per heavy atom. The zero-order valence-electron chi connectivity index (χ0n) is 11.8. The molecule has 0 saturated heterocycles.